The van der Waals surface area contributed by atoms with E-state index in [2.05, 4.69) is 27.0 Å². The number of fused-ring (bicyclic) bond motifs is 1. The number of ether oxygens (including phenoxy) is 1. The molecule has 6 rings (SSSR count). The molecular weight excluding hydrogens is 583 g/mol. The number of nitrogens with zero attached hydrogens (tertiary/aromatic N) is 4. The van der Waals surface area contributed by atoms with Crippen LogP contribution in [0.1, 0.15) is 47.6 Å². The van der Waals surface area contributed by atoms with Crippen molar-refractivity contribution in [3.8, 4) is 11.5 Å². The Morgan fingerprint density at radius 2 is 1.69 bits per heavy atom. The molecule has 2 fully saturated rings. The molecule has 3 heterocycles. The number of rotatable bonds is 9. The van der Waals surface area contributed by atoms with Gasteiger partial charge in [-0.05, 0) is 72.3 Å². The Bertz CT molecular complexity index is 1550. The third-order valence-corrected chi connectivity index (χ3v) is 8.85. The number of carbonyl (C=O) groups is 2. The minimum Gasteiger partial charge on any atom is -0.457 e. The smallest absolute Gasteiger partial charge is 0.416 e. The molecule has 1 aromatic heterocycles. The molecule has 1 saturated carbocycles. The van der Waals surface area contributed by atoms with Crippen molar-refractivity contribution in [2.45, 2.75) is 51.9 Å². The van der Waals surface area contributed by atoms with E-state index in [9.17, 15) is 22.8 Å². The summed E-state index contributed by atoms with van der Waals surface area (Å²) < 4.78 is 48.4. The SMILES string of the molecule is CCN1CCN(Cc2ccc(CC(=O)N3CCc4ccc(Oc5ccnc(NC(=O)C6CC6)c5)cc4C3)cc2C(F)(F)F)CC1. The van der Waals surface area contributed by atoms with Gasteiger partial charge in [-0.1, -0.05) is 25.1 Å². The summed E-state index contributed by atoms with van der Waals surface area (Å²) >= 11 is 0. The summed E-state index contributed by atoms with van der Waals surface area (Å²) in [5.41, 5.74) is 1.97. The number of benzene rings is 2. The summed E-state index contributed by atoms with van der Waals surface area (Å²) in [5, 5.41) is 2.81. The van der Waals surface area contributed by atoms with Gasteiger partial charge in [0.15, 0.2) is 0 Å². The first kappa shape index (κ1) is 31.0. The van der Waals surface area contributed by atoms with Crippen LogP contribution >= 0.6 is 0 Å². The fourth-order valence-corrected chi connectivity index (χ4v) is 5.99. The Hall–Kier alpha value is -3.96. The van der Waals surface area contributed by atoms with Crippen molar-refractivity contribution in [1.82, 2.24) is 19.7 Å². The molecule has 238 valence electrons. The minimum atomic E-state index is -4.50. The molecule has 2 amide bonds. The largest absolute Gasteiger partial charge is 0.457 e. The maximum Gasteiger partial charge on any atom is 0.416 e. The van der Waals surface area contributed by atoms with E-state index in [4.69, 9.17) is 4.74 Å². The average Bonchev–Trinajstić information content (AvgIpc) is 3.88. The zero-order valence-electron chi connectivity index (χ0n) is 25.4. The molecule has 2 aromatic carbocycles. The van der Waals surface area contributed by atoms with Gasteiger partial charge >= 0.3 is 6.18 Å². The van der Waals surface area contributed by atoms with Crippen molar-refractivity contribution in [3.63, 3.8) is 0 Å². The number of pyridine rings is 1. The van der Waals surface area contributed by atoms with E-state index >= 15 is 0 Å². The summed E-state index contributed by atoms with van der Waals surface area (Å²) in [6.45, 7) is 7.27. The predicted octanol–water partition coefficient (Wildman–Crippen LogP) is 5.51. The maximum atomic E-state index is 14.1. The number of anilines is 1. The summed E-state index contributed by atoms with van der Waals surface area (Å²) in [6.07, 6.45) is -0.592. The standard InChI is InChI=1S/C34H38F3N5O3/c1-2-40-13-15-41(16-14-40)21-26-4-3-23(17-30(26)34(35,36)37)18-32(43)42-12-10-24-7-8-28(19-27(24)22-42)45-29-9-11-38-31(20-29)39-33(44)25-5-6-25/h3-4,7-9,11,17,19-20,25H,2,5-6,10,12-16,18,21-22H2,1H3,(H,38,39,44). The van der Waals surface area contributed by atoms with Crippen LogP contribution in [-0.4, -0.2) is 70.8 Å². The molecule has 45 heavy (non-hydrogen) atoms. The molecule has 3 aliphatic rings. The quantitative estimate of drug-likeness (QED) is 0.340. The lowest BCUT2D eigenvalue weighted by Crippen LogP contribution is -2.45. The van der Waals surface area contributed by atoms with Gasteiger partial charge in [0.2, 0.25) is 11.8 Å². The Labute approximate surface area is 261 Å². The van der Waals surface area contributed by atoms with Crippen LogP contribution in [0.2, 0.25) is 0 Å². The highest BCUT2D eigenvalue weighted by atomic mass is 19.4. The number of aromatic nitrogens is 1. The summed E-state index contributed by atoms with van der Waals surface area (Å²) in [6, 6.07) is 13.4. The number of alkyl halides is 3. The molecule has 1 N–H and O–H groups in total. The van der Waals surface area contributed by atoms with Crippen molar-refractivity contribution >= 4 is 17.6 Å². The number of piperazine rings is 1. The fraction of sp³-hybridized carbons (Fsp3) is 0.441. The van der Waals surface area contributed by atoms with Crippen molar-refractivity contribution in [3.05, 3.63) is 82.5 Å². The third kappa shape index (κ3) is 7.83. The van der Waals surface area contributed by atoms with Crippen LogP contribution in [0.25, 0.3) is 0 Å². The van der Waals surface area contributed by atoms with Gasteiger partial charge in [0.25, 0.3) is 0 Å². The van der Waals surface area contributed by atoms with E-state index in [1.165, 1.54) is 6.07 Å². The number of likely N-dealkylation sites (N-methyl/N-ethyl adjacent to an activating group) is 1. The second kappa shape index (κ2) is 13.2. The molecule has 11 heteroatoms. The van der Waals surface area contributed by atoms with Crippen molar-refractivity contribution in [2.24, 2.45) is 5.92 Å². The minimum absolute atomic E-state index is 0.0372. The van der Waals surface area contributed by atoms with Crippen LogP contribution in [0, 0.1) is 5.92 Å². The van der Waals surface area contributed by atoms with E-state index in [1.807, 2.05) is 18.2 Å². The molecule has 0 spiro atoms. The van der Waals surface area contributed by atoms with Crippen LogP contribution < -0.4 is 10.1 Å². The first-order valence-corrected chi connectivity index (χ1v) is 15.6. The molecular formula is C34H38F3N5O3. The van der Waals surface area contributed by atoms with Crippen LogP contribution in [0.4, 0.5) is 19.0 Å². The summed E-state index contributed by atoms with van der Waals surface area (Å²) in [7, 11) is 0. The number of amides is 2. The molecule has 1 saturated heterocycles. The van der Waals surface area contributed by atoms with E-state index < -0.39 is 11.7 Å². The van der Waals surface area contributed by atoms with Gasteiger partial charge in [-0.15, -0.1) is 0 Å². The Morgan fingerprint density at radius 1 is 0.933 bits per heavy atom. The Kier molecular flexibility index (Phi) is 9.09. The van der Waals surface area contributed by atoms with Gasteiger partial charge in [-0.3, -0.25) is 14.5 Å². The first-order chi connectivity index (χ1) is 21.6. The number of nitrogens with one attached hydrogen (secondary N) is 1. The molecule has 1 aliphatic carbocycles. The number of hydrogen-bond acceptors (Lipinski definition) is 6. The van der Waals surface area contributed by atoms with E-state index in [-0.39, 0.29) is 36.3 Å². The number of carbonyl (C=O) groups excluding carboxylic acids is 2. The highest BCUT2D eigenvalue weighted by molar-refractivity contribution is 5.93. The van der Waals surface area contributed by atoms with Gasteiger partial charge in [0.05, 0.1) is 12.0 Å². The Morgan fingerprint density at radius 3 is 2.42 bits per heavy atom. The molecule has 0 unspecified atom stereocenters. The lowest BCUT2D eigenvalue weighted by atomic mass is 9.97. The maximum absolute atomic E-state index is 14.1. The second-order valence-corrected chi connectivity index (χ2v) is 12.1. The molecule has 0 bridgehead atoms. The average molecular weight is 622 g/mol. The lowest BCUT2D eigenvalue weighted by Gasteiger charge is -2.34. The number of halogens is 3. The highest BCUT2D eigenvalue weighted by Crippen LogP contribution is 2.35. The topological polar surface area (TPSA) is 78.0 Å². The first-order valence-electron chi connectivity index (χ1n) is 15.6. The van der Waals surface area contributed by atoms with Gasteiger partial charge in [0.1, 0.15) is 17.3 Å². The van der Waals surface area contributed by atoms with Gasteiger partial charge < -0.3 is 19.9 Å². The monoisotopic (exact) mass is 621 g/mol. The second-order valence-electron chi connectivity index (χ2n) is 12.1. The van der Waals surface area contributed by atoms with E-state index in [1.54, 1.807) is 29.3 Å². The van der Waals surface area contributed by atoms with Crippen molar-refractivity contribution in [2.75, 3.05) is 44.6 Å². The summed E-state index contributed by atoms with van der Waals surface area (Å²) in [5.74, 6) is 1.34. The lowest BCUT2D eigenvalue weighted by molar-refractivity contribution is -0.138. The van der Waals surface area contributed by atoms with Crippen molar-refractivity contribution < 1.29 is 27.5 Å². The van der Waals surface area contributed by atoms with E-state index in [0.29, 0.717) is 42.4 Å². The third-order valence-electron chi connectivity index (χ3n) is 8.85. The molecule has 0 atom stereocenters. The van der Waals surface area contributed by atoms with Crippen LogP contribution in [0.3, 0.4) is 0 Å². The zero-order valence-corrected chi connectivity index (χ0v) is 25.4. The van der Waals surface area contributed by atoms with Crippen LogP contribution in [0.5, 0.6) is 11.5 Å². The van der Waals surface area contributed by atoms with Gasteiger partial charge in [-0.2, -0.15) is 13.2 Å². The van der Waals surface area contributed by atoms with Gasteiger partial charge in [0, 0.05) is 64.0 Å². The van der Waals surface area contributed by atoms with E-state index in [0.717, 1.165) is 62.8 Å². The molecule has 0 radical (unpaired) electrons. The molecule has 8 nitrogen and oxygen atoms in total. The normalized spacial score (nSPS) is 17.6. The fourth-order valence-electron chi connectivity index (χ4n) is 5.99. The number of hydrogen-bond donors (Lipinski definition) is 1. The highest BCUT2D eigenvalue weighted by Gasteiger charge is 2.35. The molecule has 3 aromatic rings. The van der Waals surface area contributed by atoms with Crippen LogP contribution in [-0.2, 0) is 41.7 Å². The van der Waals surface area contributed by atoms with Crippen LogP contribution in [0.15, 0.2) is 54.7 Å². The summed E-state index contributed by atoms with van der Waals surface area (Å²) in [4.78, 5) is 35.6. The Balaban J connectivity index is 1.09. The zero-order chi connectivity index (χ0) is 31.6. The predicted molar refractivity (Wildman–Crippen MR) is 164 cm³/mol. The van der Waals surface area contributed by atoms with Crippen molar-refractivity contribution in [1.29, 1.82) is 0 Å². The van der Waals surface area contributed by atoms with Gasteiger partial charge in [-0.25, -0.2) is 4.98 Å². The molecule has 2 aliphatic heterocycles.